The third-order valence-electron chi connectivity index (χ3n) is 7.19. The van der Waals surface area contributed by atoms with Crippen LogP contribution in [0.4, 0.5) is 11.6 Å². The molecule has 1 aromatic heterocycles. The van der Waals surface area contributed by atoms with Crippen molar-refractivity contribution in [1.82, 2.24) is 19.7 Å². The fourth-order valence-corrected chi connectivity index (χ4v) is 6.46. The van der Waals surface area contributed by atoms with Crippen molar-refractivity contribution in [2.24, 2.45) is 0 Å². The number of nitrogens with one attached hydrogen (secondary N) is 2. The molecule has 2 N–H and O–H groups in total. The first-order valence-corrected chi connectivity index (χ1v) is 16.8. The van der Waals surface area contributed by atoms with E-state index in [1.165, 1.54) is 0 Å². The van der Waals surface area contributed by atoms with Crippen molar-refractivity contribution in [1.29, 1.82) is 0 Å². The number of hydrogen-bond acceptors (Lipinski definition) is 8. The average Bonchev–Trinajstić information content (AvgIpc) is 3.38. The molecule has 0 aliphatic carbocycles. The molecule has 1 atom stereocenters. The van der Waals surface area contributed by atoms with Crippen molar-refractivity contribution < 1.29 is 19.1 Å². The fraction of sp³-hybridized carbons (Fsp3) is 0.438. The van der Waals surface area contributed by atoms with Crippen LogP contribution in [0.15, 0.2) is 57.3 Å². The van der Waals surface area contributed by atoms with Gasteiger partial charge in [-0.25, -0.2) is 4.68 Å². The van der Waals surface area contributed by atoms with Crippen molar-refractivity contribution >= 4 is 51.1 Å². The molecule has 0 saturated heterocycles. The topological polar surface area (TPSA) is 111 Å². The number of rotatable bonds is 14. The maximum absolute atomic E-state index is 14.0. The minimum Gasteiger partial charge on any atom is -0.490 e. The molecule has 0 fully saturated rings. The highest BCUT2D eigenvalue weighted by Gasteiger charge is 2.35. The molecule has 2 amide bonds. The second kappa shape index (κ2) is 15.5. The van der Waals surface area contributed by atoms with Gasteiger partial charge in [0.15, 0.2) is 18.1 Å². The van der Waals surface area contributed by atoms with Crippen LogP contribution in [-0.4, -0.2) is 63.5 Å². The number of benzene rings is 2. The van der Waals surface area contributed by atoms with E-state index in [4.69, 9.17) is 19.6 Å². The Labute approximate surface area is 272 Å². The molecular formula is C32H41BrN6O4S. The number of likely N-dealkylation sites (N-methyl/N-ethyl adjacent to an activating group) is 1. The number of carbonyl (C=O) groups is 2. The SMILES string of the molecule is CCCCSc1nc2n(n1)C(c1cc(Br)c(OCC(=O)N(CC)CC)c(OCC)c1)C(C(=O)Nc1cccc(C)c1)=C(C)N2. The molecule has 0 spiro atoms. The van der Waals surface area contributed by atoms with E-state index in [0.717, 1.165) is 29.7 Å². The minimum atomic E-state index is -0.619. The molecule has 3 aromatic rings. The van der Waals surface area contributed by atoms with Gasteiger partial charge in [-0.3, -0.25) is 9.59 Å². The lowest BCUT2D eigenvalue weighted by atomic mass is 9.94. The van der Waals surface area contributed by atoms with Gasteiger partial charge in [-0.05, 0) is 92.4 Å². The van der Waals surface area contributed by atoms with Gasteiger partial charge in [-0.15, -0.1) is 5.10 Å². The van der Waals surface area contributed by atoms with Crippen LogP contribution in [0.2, 0.25) is 0 Å². The molecule has 2 heterocycles. The van der Waals surface area contributed by atoms with Crippen molar-refractivity contribution in [2.45, 2.75) is 65.6 Å². The third kappa shape index (κ3) is 7.76. The van der Waals surface area contributed by atoms with E-state index in [9.17, 15) is 9.59 Å². The number of aryl methyl sites for hydroxylation is 1. The number of hydrogen-bond donors (Lipinski definition) is 2. The summed E-state index contributed by atoms with van der Waals surface area (Å²) < 4.78 is 14.4. The minimum absolute atomic E-state index is 0.110. The number of halogens is 1. The molecule has 0 radical (unpaired) electrons. The molecule has 4 rings (SSSR count). The van der Waals surface area contributed by atoms with Gasteiger partial charge in [0.05, 0.1) is 16.7 Å². The molecule has 0 bridgehead atoms. The highest BCUT2D eigenvalue weighted by molar-refractivity contribution is 9.10. The second-order valence-corrected chi connectivity index (χ2v) is 12.3. The molecule has 1 unspecified atom stereocenters. The number of unbranched alkanes of at least 4 members (excludes halogenated alkanes) is 1. The van der Waals surface area contributed by atoms with E-state index in [1.54, 1.807) is 21.3 Å². The molecule has 12 heteroatoms. The standard InChI is InChI=1S/C32H41BrN6O4S/c1-7-11-15-44-32-36-31-34-21(6)27(30(41)35-23-14-12-13-20(5)16-23)28(39(31)37-32)22-17-24(33)29(25(18-22)42-10-4)43-19-26(40)38(8-2)9-3/h12-14,16-18,28H,7-11,15,19H2,1-6H3,(H,35,41)(H,34,36,37). The average molecular weight is 686 g/mol. The van der Waals surface area contributed by atoms with Crippen molar-refractivity contribution in [3.05, 3.63) is 63.3 Å². The quantitative estimate of drug-likeness (QED) is 0.141. The highest BCUT2D eigenvalue weighted by Crippen LogP contribution is 2.43. The number of aromatic nitrogens is 3. The summed E-state index contributed by atoms with van der Waals surface area (Å²) in [6, 6.07) is 10.8. The maximum Gasteiger partial charge on any atom is 0.260 e. The molecular weight excluding hydrogens is 644 g/mol. The van der Waals surface area contributed by atoms with E-state index in [0.29, 0.717) is 63.7 Å². The van der Waals surface area contributed by atoms with Crippen LogP contribution in [0.5, 0.6) is 11.5 Å². The second-order valence-electron chi connectivity index (χ2n) is 10.4. The van der Waals surface area contributed by atoms with Crippen LogP contribution in [0.1, 0.15) is 64.6 Å². The number of amides is 2. The summed E-state index contributed by atoms with van der Waals surface area (Å²) in [5, 5.41) is 11.9. The lowest BCUT2D eigenvalue weighted by Gasteiger charge is -2.29. The molecule has 1 aliphatic heterocycles. The van der Waals surface area contributed by atoms with E-state index in [-0.39, 0.29) is 18.4 Å². The Morgan fingerprint density at radius 1 is 1.11 bits per heavy atom. The van der Waals surface area contributed by atoms with Gasteiger partial charge < -0.3 is 25.0 Å². The summed E-state index contributed by atoms with van der Waals surface area (Å²) in [7, 11) is 0. The number of fused-ring (bicyclic) bond motifs is 1. The van der Waals surface area contributed by atoms with Gasteiger partial charge in [0, 0.05) is 30.2 Å². The normalized spacial score (nSPS) is 14.1. The zero-order valence-corrected chi connectivity index (χ0v) is 28.6. The van der Waals surface area contributed by atoms with Crippen LogP contribution in [0, 0.1) is 6.92 Å². The Morgan fingerprint density at radius 3 is 2.57 bits per heavy atom. The first-order chi connectivity index (χ1) is 21.2. The lowest BCUT2D eigenvalue weighted by molar-refractivity contribution is -0.133. The van der Waals surface area contributed by atoms with Crippen LogP contribution in [0.3, 0.4) is 0 Å². The van der Waals surface area contributed by atoms with Crippen LogP contribution >= 0.6 is 27.7 Å². The van der Waals surface area contributed by atoms with Gasteiger partial charge in [-0.1, -0.05) is 37.2 Å². The Hall–Kier alpha value is -3.51. The molecule has 1 aliphatic rings. The van der Waals surface area contributed by atoms with Crippen molar-refractivity contribution in [3.63, 3.8) is 0 Å². The Balaban J connectivity index is 1.77. The first-order valence-electron chi connectivity index (χ1n) is 15.0. The Kier molecular flexibility index (Phi) is 11.7. The molecule has 236 valence electrons. The van der Waals surface area contributed by atoms with Gasteiger partial charge in [0.1, 0.15) is 6.04 Å². The smallest absolute Gasteiger partial charge is 0.260 e. The van der Waals surface area contributed by atoms with Crippen molar-refractivity contribution in [3.8, 4) is 11.5 Å². The molecule has 2 aromatic carbocycles. The fourth-order valence-electron chi connectivity index (χ4n) is 4.97. The van der Waals surface area contributed by atoms with Crippen LogP contribution in [-0.2, 0) is 9.59 Å². The van der Waals surface area contributed by atoms with E-state index in [2.05, 4.69) is 33.5 Å². The number of ether oxygens (including phenoxy) is 2. The van der Waals surface area contributed by atoms with E-state index < -0.39 is 6.04 Å². The van der Waals surface area contributed by atoms with Gasteiger partial charge in [-0.2, -0.15) is 4.98 Å². The van der Waals surface area contributed by atoms with Crippen LogP contribution in [0.25, 0.3) is 0 Å². The Bertz CT molecular complexity index is 1520. The lowest BCUT2D eigenvalue weighted by Crippen LogP contribution is -2.34. The van der Waals surface area contributed by atoms with Crippen molar-refractivity contribution in [2.75, 3.05) is 42.7 Å². The molecule has 10 nitrogen and oxygen atoms in total. The molecule has 0 saturated carbocycles. The number of thioether (sulfide) groups is 1. The molecule has 44 heavy (non-hydrogen) atoms. The summed E-state index contributed by atoms with van der Waals surface area (Å²) in [6.07, 6.45) is 2.13. The Morgan fingerprint density at radius 2 is 1.89 bits per heavy atom. The van der Waals surface area contributed by atoms with Gasteiger partial charge in [0.2, 0.25) is 11.1 Å². The van der Waals surface area contributed by atoms with Gasteiger partial charge >= 0.3 is 0 Å². The van der Waals surface area contributed by atoms with Crippen LogP contribution < -0.4 is 20.1 Å². The third-order valence-corrected chi connectivity index (χ3v) is 8.70. The first kappa shape index (κ1) is 33.4. The predicted molar refractivity (Wildman–Crippen MR) is 179 cm³/mol. The monoisotopic (exact) mass is 684 g/mol. The zero-order valence-electron chi connectivity index (χ0n) is 26.2. The van der Waals surface area contributed by atoms with E-state index >= 15 is 0 Å². The number of anilines is 2. The largest absolute Gasteiger partial charge is 0.490 e. The summed E-state index contributed by atoms with van der Waals surface area (Å²) in [6.45, 7) is 13.2. The summed E-state index contributed by atoms with van der Waals surface area (Å²) in [5.41, 5.74) is 3.65. The number of carbonyl (C=O) groups excluding carboxylic acids is 2. The van der Waals surface area contributed by atoms with Gasteiger partial charge in [0.25, 0.3) is 11.8 Å². The number of allylic oxidation sites excluding steroid dienone is 1. The summed E-state index contributed by atoms with van der Waals surface area (Å²) in [4.78, 5) is 33.1. The maximum atomic E-state index is 14.0. The summed E-state index contributed by atoms with van der Waals surface area (Å²) >= 11 is 5.26. The highest BCUT2D eigenvalue weighted by atomic mass is 79.9. The predicted octanol–water partition coefficient (Wildman–Crippen LogP) is 6.81. The number of nitrogens with zero attached hydrogens (tertiary/aromatic N) is 4. The summed E-state index contributed by atoms with van der Waals surface area (Å²) in [5.74, 6) is 1.96. The van der Waals surface area contributed by atoms with E-state index in [1.807, 2.05) is 71.0 Å². The zero-order chi connectivity index (χ0) is 31.8.